The zero-order chi connectivity index (χ0) is 19.4. The number of fused-ring (bicyclic) bond motifs is 1. The number of aromatic nitrogens is 2. The molecule has 0 aliphatic heterocycles. The molecule has 0 radical (unpaired) electrons. The Kier molecular flexibility index (Phi) is 5.02. The number of carbonyl (C=O) groups excluding carboxylic acids is 2. The molecule has 9 heteroatoms. The van der Waals surface area contributed by atoms with Gasteiger partial charge in [0.25, 0.3) is 17.4 Å². The van der Waals surface area contributed by atoms with Gasteiger partial charge in [0.15, 0.2) is 5.69 Å². The number of hydrogen-bond donors (Lipinski definition) is 3. The van der Waals surface area contributed by atoms with Crippen molar-refractivity contribution in [3.63, 3.8) is 0 Å². The van der Waals surface area contributed by atoms with E-state index in [4.69, 9.17) is 9.47 Å². The maximum absolute atomic E-state index is 12.4. The van der Waals surface area contributed by atoms with E-state index in [1.54, 1.807) is 36.4 Å². The molecule has 0 saturated carbocycles. The molecule has 27 heavy (non-hydrogen) atoms. The van der Waals surface area contributed by atoms with Crippen LogP contribution in [-0.2, 0) is 0 Å². The van der Waals surface area contributed by atoms with Crippen molar-refractivity contribution in [2.75, 3.05) is 14.2 Å². The van der Waals surface area contributed by atoms with Gasteiger partial charge in [-0.1, -0.05) is 18.2 Å². The summed E-state index contributed by atoms with van der Waals surface area (Å²) >= 11 is 0. The zero-order valence-electron chi connectivity index (χ0n) is 14.5. The second kappa shape index (κ2) is 7.56. The summed E-state index contributed by atoms with van der Waals surface area (Å²) in [6.07, 6.45) is 0. The van der Waals surface area contributed by atoms with E-state index in [0.29, 0.717) is 16.5 Å². The molecule has 2 amide bonds. The first kappa shape index (κ1) is 17.9. The number of benzene rings is 2. The number of hydrazine groups is 1. The highest BCUT2D eigenvalue weighted by atomic mass is 16.5. The van der Waals surface area contributed by atoms with E-state index in [0.717, 1.165) is 0 Å². The van der Waals surface area contributed by atoms with Gasteiger partial charge >= 0.3 is 0 Å². The molecule has 1 heterocycles. The maximum Gasteiger partial charge on any atom is 0.290 e. The fourth-order valence-corrected chi connectivity index (χ4v) is 2.51. The lowest BCUT2D eigenvalue weighted by Crippen LogP contribution is -2.42. The predicted molar refractivity (Wildman–Crippen MR) is 96.8 cm³/mol. The van der Waals surface area contributed by atoms with Crippen LogP contribution in [0.1, 0.15) is 20.8 Å². The molecule has 3 N–H and O–H groups in total. The molecule has 0 fully saturated rings. The Morgan fingerprint density at radius 2 is 1.67 bits per heavy atom. The third-order valence-corrected chi connectivity index (χ3v) is 3.85. The van der Waals surface area contributed by atoms with Gasteiger partial charge in [0.1, 0.15) is 11.5 Å². The van der Waals surface area contributed by atoms with Crippen molar-refractivity contribution >= 4 is 22.6 Å². The summed E-state index contributed by atoms with van der Waals surface area (Å²) in [6, 6.07) is 11.2. The number of carbonyl (C=O) groups is 2. The average Bonchev–Trinajstić information content (AvgIpc) is 2.71. The SMILES string of the molecule is COc1ccc(C(=O)NNC(=O)c2n[nH]c(=O)c3ccccc23)c(OC)c1. The summed E-state index contributed by atoms with van der Waals surface area (Å²) in [4.78, 5) is 36.5. The first-order valence-electron chi connectivity index (χ1n) is 7.85. The summed E-state index contributed by atoms with van der Waals surface area (Å²) in [5.74, 6) is -0.454. The van der Waals surface area contributed by atoms with Crippen molar-refractivity contribution in [3.8, 4) is 11.5 Å². The van der Waals surface area contributed by atoms with Gasteiger partial charge in [-0.05, 0) is 18.2 Å². The van der Waals surface area contributed by atoms with Gasteiger partial charge in [-0.2, -0.15) is 5.10 Å². The summed E-state index contributed by atoms with van der Waals surface area (Å²) in [7, 11) is 2.91. The van der Waals surface area contributed by atoms with Crippen molar-refractivity contribution in [2.45, 2.75) is 0 Å². The Morgan fingerprint density at radius 1 is 0.963 bits per heavy atom. The number of ether oxygens (including phenoxy) is 2. The Bertz CT molecular complexity index is 1080. The molecule has 0 saturated heterocycles. The van der Waals surface area contributed by atoms with Crippen LogP contribution in [0.3, 0.4) is 0 Å². The Labute approximate surface area is 153 Å². The number of methoxy groups -OCH3 is 2. The topological polar surface area (TPSA) is 122 Å². The molecule has 0 aliphatic rings. The Balaban J connectivity index is 1.80. The minimum absolute atomic E-state index is 0.0211. The standard InChI is InChI=1S/C18H16N4O5/c1-26-10-7-8-13(14(9-10)27-2)17(24)21-22-18(25)15-11-5-3-4-6-12(11)16(23)20-19-15/h3-9H,1-2H3,(H,20,23)(H,21,24)(H,22,25). The van der Waals surface area contributed by atoms with Gasteiger partial charge < -0.3 is 9.47 Å². The average molecular weight is 368 g/mol. The van der Waals surface area contributed by atoms with Crippen LogP contribution in [0.2, 0.25) is 0 Å². The number of aromatic amines is 1. The van der Waals surface area contributed by atoms with Crippen molar-refractivity contribution in [2.24, 2.45) is 0 Å². The first-order valence-corrected chi connectivity index (χ1v) is 7.85. The molecule has 2 aromatic carbocycles. The van der Waals surface area contributed by atoms with Gasteiger partial charge in [-0.3, -0.25) is 25.2 Å². The van der Waals surface area contributed by atoms with E-state index < -0.39 is 17.4 Å². The van der Waals surface area contributed by atoms with Crippen molar-refractivity contribution in [1.82, 2.24) is 21.0 Å². The number of rotatable bonds is 4. The van der Waals surface area contributed by atoms with E-state index in [2.05, 4.69) is 21.0 Å². The molecule has 0 atom stereocenters. The molecular weight excluding hydrogens is 352 g/mol. The number of nitrogens with zero attached hydrogens (tertiary/aromatic N) is 1. The molecule has 3 aromatic rings. The highest BCUT2D eigenvalue weighted by Crippen LogP contribution is 2.24. The minimum Gasteiger partial charge on any atom is -0.497 e. The van der Waals surface area contributed by atoms with E-state index in [1.165, 1.54) is 20.3 Å². The van der Waals surface area contributed by atoms with E-state index >= 15 is 0 Å². The van der Waals surface area contributed by atoms with Gasteiger partial charge in [-0.25, -0.2) is 5.10 Å². The molecule has 138 valence electrons. The Morgan fingerprint density at radius 3 is 2.37 bits per heavy atom. The monoisotopic (exact) mass is 368 g/mol. The number of nitrogens with one attached hydrogen (secondary N) is 3. The largest absolute Gasteiger partial charge is 0.497 e. The minimum atomic E-state index is -0.678. The van der Waals surface area contributed by atoms with Crippen LogP contribution in [0.4, 0.5) is 0 Å². The van der Waals surface area contributed by atoms with E-state index in [-0.39, 0.29) is 17.0 Å². The normalized spacial score (nSPS) is 10.3. The third-order valence-electron chi connectivity index (χ3n) is 3.85. The van der Waals surface area contributed by atoms with Crippen LogP contribution in [0.15, 0.2) is 47.3 Å². The number of hydrogen-bond acceptors (Lipinski definition) is 6. The second-order valence-corrected chi connectivity index (χ2v) is 5.42. The molecule has 0 aliphatic carbocycles. The van der Waals surface area contributed by atoms with Gasteiger partial charge in [0.2, 0.25) is 0 Å². The lowest BCUT2D eigenvalue weighted by Gasteiger charge is -2.11. The van der Waals surface area contributed by atoms with Gasteiger partial charge in [0.05, 0.1) is 25.2 Å². The molecule has 0 spiro atoms. The van der Waals surface area contributed by atoms with Crippen molar-refractivity contribution in [1.29, 1.82) is 0 Å². The highest BCUT2D eigenvalue weighted by Gasteiger charge is 2.17. The second-order valence-electron chi connectivity index (χ2n) is 5.42. The van der Waals surface area contributed by atoms with Crippen LogP contribution < -0.4 is 25.9 Å². The number of H-pyrrole nitrogens is 1. The van der Waals surface area contributed by atoms with E-state index in [1.807, 2.05) is 0 Å². The fourth-order valence-electron chi connectivity index (χ4n) is 2.51. The molecule has 9 nitrogen and oxygen atoms in total. The molecule has 1 aromatic heterocycles. The summed E-state index contributed by atoms with van der Waals surface area (Å²) < 4.78 is 10.2. The molecule has 0 unspecified atom stereocenters. The van der Waals surface area contributed by atoms with Crippen LogP contribution in [-0.4, -0.2) is 36.2 Å². The van der Waals surface area contributed by atoms with E-state index in [9.17, 15) is 14.4 Å². The van der Waals surface area contributed by atoms with Gasteiger partial charge in [-0.15, -0.1) is 0 Å². The van der Waals surface area contributed by atoms with Crippen LogP contribution in [0.25, 0.3) is 10.8 Å². The highest BCUT2D eigenvalue weighted by molar-refractivity contribution is 6.06. The molecule has 3 rings (SSSR count). The molecule has 0 bridgehead atoms. The van der Waals surface area contributed by atoms with Gasteiger partial charge in [0, 0.05) is 11.5 Å². The van der Waals surface area contributed by atoms with Crippen molar-refractivity contribution in [3.05, 3.63) is 64.1 Å². The van der Waals surface area contributed by atoms with Crippen molar-refractivity contribution < 1.29 is 19.1 Å². The number of amides is 2. The molecular formula is C18H16N4O5. The quantitative estimate of drug-likeness (QED) is 0.591. The smallest absolute Gasteiger partial charge is 0.290 e. The fraction of sp³-hybridized carbons (Fsp3) is 0.111. The lowest BCUT2D eigenvalue weighted by atomic mass is 10.1. The Hall–Kier alpha value is -3.88. The maximum atomic E-state index is 12.4. The van der Waals surface area contributed by atoms with Crippen LogP contribution >= 0.6 is 0 Å². The summed E-state index contributed by atoms with van der Waals surface area (Å²) in [5.41, 5.74) is 4.35. The van der Waals surface area contributed by atoms with Crippen LogP contribution in [0, 0.1) is 0 Å². The zero-order valence-corrected chi connectivity index (χ0v) is 14.5. The summed E-state index contributed by atoms with van der Waals surface area (Å²) in [5, 5.41) is 6.72. The van der Waals surface area contributed by atoms with Crippen LogP contribution in [0.5, 0.6) is 11.5 Å². The lowest BCUT2D eigenvalue weighted by molar-refractivity contribution is 0.0842. The predicted octanol–water partition coefficient (Wildman–Crippen LogP) is 1.02. The first-order chi connectivity index (χ1) is 13.0. The third kappa shape index (κ3) is 3.56. The summed E-state index contributed by atoms with van der Waals surface area (Å²) in [6.45, 7) is 0.